The number of carboxylic acid groups (broad SMARTS) is 1. The molecule has 0 bridgehead atoms. The summed E-state index contributed by atoms with van der Waals surface area (Å²) in [6.07, 6.45) is 1.71. The molecule has 2 unspecified atom stereocenters. The van der Waals surface area contributed by atoms with Gasteiger partial charge in [-0.1, -0.05) is 0 Å². The van der Waals surface area contributed by atoms with Gasteiger partial charge in [0, 0.05) is 18.9 Å². The third kappa shape index (κ3) is 2.70. The van der Waals surface area contributed by atoms with E-state index in [9.17, 15) is 9.90 Å². The number of carboxylic acids is 1. The molecule has 94 valence electrons. The van der Waals surface area contributed by atoms with E-state index in [4.69, 9.17) is 4.74 Å². The molecule has 1 aliphatic rings. The van der Waals surface area contributed by atoms with E-state index < -0.39 is 11.5 Å². The largest absolute Gasteiger partial charge is 0.480 e. The fourth-order valence-electron chi connectivity index (χ4n) is 2.15. The van der Waals surface area contributed by atoms with E-state index in [1.54, 1.807) is 18.9 Å². The van der Waals surface area contributed by atoms with E-state index in [2.05, 4.69) is 0 Å². The molecule has 4 nitrogen and oxygen atoms in total. The van der Waals surface area contributed by atoms with E-state index in [-0.39, 0.29) is 6.04 Å². The minimum Gasteiger partial charge on any atom is -0.480 e. The summed E-state index contributed by atoms with van der Waals surface area (Å²) >= 11 is 1.73. The van der Waals surface area contributed by atoms with Gasteiger partial charge in [0.2, 0.25) is 0 Å². The Morgan fingerprint density at radius 2 is 2.38 bits per heavy atom. The smallest absolute Gasteiger partial charge is 0.324 e. The van der Waals surface area contributed by atoms with Crippen molar-refractivity contribution in [1.29, 1.82) is 0 Å². The number of hydrogen-bond donors (Lipinski definition) is 1. The van der Waals surface area contributed by atoms with Crippen LogP contribution in [-0.4, -0.2) is 59.8 Å². The lowest BCUT2D eigenvalue weighted by Gasteiger charge is -2.43. The maximum atomic E-state index is 11.5. The van der Waals surface area contributed by atoms with Gasteiger partial charge in [0.05, 0.1) is 6.61 Å². The molecule has 0 amide bonds. The van der Waals surface area contributed by atoms with Gasteiger partial charge in [0.25, 0.3) is 0 Å². The van der Waals surface area contributed by atoms with E-state index in [0.717, 1.165) is 18.6 Å². The predicted molar refractivity (Wildman–Crippen MR) is 66.0 cm³/mol. The highest BCUT2D eigenvalue weighted by Gasteiger charge is 2.45. The van der Waals surface area contributed by atoms with Gasteiger partial charge < -0.3 is 9.84 Å². The second kappa shape index (κ2) is 5.89. The Bertz CT molecular complexity index is 241. The van der Waals surface area contributed by atoms with Crippen LogP contribution in [0.4, 0.5) is 0 Å². The third-order valence-electron chi connectivity index (χ3n) is 3.36. The van der Waals surface area contributed by atoms with Crippen molar-refractivity contribution in [1.82, 2.24) is 4.90 Å². The van der Waals surface area contributed by atoms with Gasteiger partial charge in [-0.3, -0.25) is 9.69 Å². The van der Waals surface area contributed by atoms with E-state index in [1.807, 2.05) is 18.9 Å². The molecule has 0 aliphatic carbocycles. The molecule has 1 fully saturated rings. The van der Waals surface area contributed by atoms with Gasteiger partial charge in [-0.15, -0.1) is 0 Å². The lowest BCUT2D eigenvalue weighted by atomic mass is 9.92. The van der Waals surface area contributed by atoms with Crippen molar-refractivity contribution in [2.75, 3.05) is 32.3 Å². The highest BCUT2D eigenvalue weighted by atomic mass is 32.2. The minimum absolute atomic E-state index is 0.125. The Hall–Kier alpha value is -0.260. The van der Waals surface area contributed by atoms with Crippen LogP contribution in [0.25, 0.3) is 0 Å². The predicted octanol–water partition coefficient (Wildman–Crippen LogP) is 1.30. The van der Waals surface area contributed by atoms with Crippen LogP contribution in [0, 0.1) is 0 Å². The number of likely N-dealkylation sites (N-methyl/N-ethyl adjacent to an activating group) is 1. The number of ether oxygens (including phenoxy) is 1. The van der Waals surface area contributed by atoms with Crippen LogP contribution in [0.3, 0.4) is 0 Å². The lowest BCUT2D eigenvalue weighted by molar-refractivity contribution is -0.152. The second-order valence-corrected chi connectivity index (χ2v) is 5.51. The number of aliphatic carboxylic acids is 1. The van der Waals surface area contributed by atoms with Gasteiger partial charge in [-0.2, -0.15) is 11.8 Å². The fourth-order valence-corrected chi connectivity index (χ4v) is 3.45. The van der Waals surface area contributed by atoms with Gasteiger partial charge in [0.15, 0.2) is 0 Å². The molecule has 5 heteroatoms. The lowest BCUT2D eigenvalue weighted by Crippen LogP contribution is -2.59. The van der Waals surface area contributed by atoms with Gasteiger partial charge in [0.1, 0.15) is 5.54 Å². The normalized spacial score (nSPS) is 28.0. The van der Waals surface area contributed by atoms with Crippen LogP contribution in [0.15, 0.2) is 0 Å². The summed E-state index contributed by atoms with van der Waals surface area (Å²) in [4.78, 5) is 13.5. The minimum atomic E-state index is -0.707. The summed E-state index contributed by atoms with van der Waals surface area (Å²) in [5.41, 5.74) is -0.707. The van der Waals surface area contributed by atoms with Gasteiger partial charge in [-0.05, 0) is 32.6 Å². The Labute approximate surface area is 101 Å². The van der Waals surface area contributed by atoms with Crippen molar-refractivity contribution in [3.63, 3.8) is 0 Å². The third-order valence-corrected chi connectivity index (χ3v) is 4.62. The summed E-state index contributed by atoms with van der Waals surface area (Å²) in [7, 11) is 3.54. The van der Waals surface area contributed by atoms with Crippen LogP contribution in [0.5, 0.6) is 0 Å². The molecule has 1 N–H and O–H groups in total. The zero-order valence-electron chi connectivity index (χ0n) is 10.2. The number of thioether (sulfide) groups is 1. The van der Waals surface area contributed by atoms with Gasteiger partial charge in [-0.25, -0.2) is 0 Å². The van der Waals surface area contributed by atoms with Crippen molar-refractivity contribution in [3.8, 4) is 0 Å². The molecule has 0 aromatic heterocycles. The van der Waals surface area contributed by atoms with Crippen molar-refractivity contribution < 1.29 is 14.6 Å². The van der Waals surface area contributed by atoms with Gasteiger partial charge >= 0.3 is 5.97 Å². The molecular formula is C11H21NO3S. The summed E-state index contributed by atoms with van der Waals surface area (Å²) in [5, 5.41) is 9.48. The fraction of sp³-hybridized carbons (Fsp3) is 0.909. The van der Waals surface area contributed by atoms with Crippen molar-refractivity contribution in [2.45, 2.75) is 31.3 Å². The average Bonchev–Trinajstić information content (AvgIpc) is 2.29. The van der Waals surface area contributed by atoms with E-state index >= 15 is 0 Å². The SMILES string of the molecule is COCC(C)N(C)C1(C(=O)O)CCCSC1. The Morgan fingerprint density at radius 3 is 2.81 bits per heavy atom. The summed E-state index contributed by atoms with van der Waals surface area (Å²) in [6.45, 7) is 2.57. The highest BCUT2D eigenvalue weighted by molar-refractivity contribution is 7.99. The quantitative estimate of drug-likeness (QED) is 0.793. The molecule has 16 heavy (non-hydrogen) atoms. The zero-order chi connectivity index (χ0) is 12.2. The molecule has 0 radical (unpaired) electrons. The molecule has 1 aliphatic heterocycles. The molecule has 2 atom stereocenters. The number of carbonyl (C=O) groups is 1. The van der Waals surface area contributed by atoms with Crippen LogP contribution < -0.4 is 0 Å². The van der Waals surface area contributed by atoms with E-state index in [1.165, 1.54) is 0 Å². The Morgan fingerprint density at radius 1 is 1.69 bits per heavy atom. The van der Waals surface area contributed by atoms with Crippen molar-refractivity contribution in [3.05, 3.63) is 0 Å². The first-order valence-corrected chi connectivity index (χ1v) is 6.73. The van der Waals surface area contributed by atoms with Crippen LogP contribution in [0.1, 0.15) is 19.8 Å². The van der Waals surface area contributed by atoms with Crippen LogP contribution in [0.2, 0.25) is 0 Å². The maximum absolute atomic E-state index is 11.5. The van der Waals surface area contributed by atoms with E-state index in [0.29, 0.717) is 12.4 Å². The zero-order valence-corrected chi connectivity index (χ0v) is 11.0. The van der Waals surface area contributed by atoms with Crippen LogP contribution in [-0.2, 0) is 9.53 Å². The maximum Gasteiger partial charge on any atom is 0.324 e. The number of nitrogens with zero attached hydrogens (tertiary/aromatic N) is 1. The van der Waals surface area contributed by atoms with Crippen molar-refractivity contribution in [2.24, 2.45) is 0 Å². The first-order valence-electron chi connectivity index (χ1n) is 5.57. The molecule has 1 saturated heterocycles. The molecular weight excluding hydrogens is 226 g/mol. The average molecular weight is 247 g/mol. The standard InChI is InChI=1S/C11H21NO3S/c1-9(7-15-3)12(2)11(10(13)14)5-4-6-16-8-11/h9H,4-8H2,1-3H3,(H,13,14). The molecule has 0 aromatic carbocycles. The number of rotatable bonds is 5. The molecule has 0 spiro atoms. The summed E-state index contributed by atoms with van der Waals surface area (Å²) in [6, 6.07) is 0.125. The molecule has 1 heterocycles. The van der Waals surface area contributed by atoms with Crippen LogP contribution >= 0.6 is 11.8 Å². The number of methoxy groups -OCH3 is 1. The molecule has 1 rings (SSSR count). The Balaban J connectivity index is 2.79. The summed E-state index contributed by atoms with van der Waals surface area (Å²) in [5.74, 6) is 1.04. The Kier molecular flexibility index (Phi) is 5.08. The highest BCUT2D eigenvalue weighted by Crippen LogP contribution is 2.32. The second-order valence-electron chi connectivity index (χ2n) is 4.41. The molecule has 0 saturated carbocycles. The molecule has 0 aromatic rings. The first kappa shape index (κ1) is 13.8. The summed E-state index contributed by atoms with van der Waals surface area (Å²) < 4.78 is 5.10. The number of hydrogen-bond acceptors (Lipinski definition) is 4. The van der Waals surface area contributed by atoms with Crippen molar-refractivity contribution >= 4 is 17.7 Å². The first-order chi connectivity index (χ1) is 7.54. The topological polar surface area (TPSA) is 49.8 Å². The monoisotopic (exact) mass is 247 g/mol.